The van der Waals surface area contributed by atoms with Crippen molar-refractivity contribution in [3.8, 4) is 0 Å². The van der Waals surface area contributed by atoms with Gasteiger partial charge in [0.2, 0.25) is 0 Å². The van der Waals surface area contributed by atoms with E-state index < -0.39 is 30.9 Å². The maximum atomic E-state index is 10.3. The minimum atomic E-state index is -4.11. The van der Waals surface area contributed by atoms with Crippen molar-refractivity contribution in [3.05, 3.63) is 0 Å². The summed E-state index contributed by atoms with van der Waals surface area (Å²) in [6.07, 6.45) is -0.716. The molecule has 0 bridgehead atoms. The summed E-state index contributed by atoms with van der Waals surface area (Å²) in [4.78, 5) is 26.0. The quantitative estimate of drug-likeness (QED) is 0.141. The van der Waals surface area contributed by atoms with Crippen LogP contribution in [-0.2, 0) is 14.9 Å². The van der Waals surface area contributed by atoms with Crippen LogP contribution in [0.25, 0.3) is 0 Å². The maximum absolute atomic E-state index is 10.3. The Bertz CT molecular complexity index is 316. The number of hydrogen-bond acceptors (Lipinski definition) is 8. The fraction of sp³-hybridized carbons (Fsp3) is 1.00. The van der Waals surface area contributed by atoms with Crippen LogP contribution in [0, 0.1) is 0 Å². The molecule has 0 spiro atoms. The van der Waals surface area contributed by atoms with Gasteiger partial charge >= 0.3 is 8.80 Å². The second-order valence-corrected chi connectivity index (χ2v) is 7.29. The predicted molar refractivity (Wildman–Crippen MR) is 63.1 cm³/mol. The zero-order chi connectivity index (χ0) is 14.2. The maximum Gasteiger partial charge on any atom is 0.492 e. The normalized spacial score (nSPS) is 14.7. The van der Waals surface area contributed by atoms with Crippen molar-refractivity contribution in [3.63, 3.8) is 0 Å². The van der Waals surface area contributed by atoms with Crippen molar-refractivity contribution in [2.45, 2.75) is 18.6 Å². The van der Waals surface area contributed by atoms with Gasteiger partial charge in [0.15, 0.2) is 0 Å². The van der Waals surface area contributed by atoms with Gasteiger partial charge in [0.05, 0.1) is 12.7 Å². The SMILES string of the molecule is O=S(=O)(O)CNCC(O)COCCC[Si](O)(O)O. The van der Waals surface area contributed by atoms with Crippen LogP contribution in [0.15, 0.2) is 0 Å². The highest BCUT2D eigenvalue weighted by Gasteiger charge is 2.25. The zero-order valence-corrected chi connectivity index (χ0v) is 11.5. The molecule has 9 nitrogen and oxygen atoms in total. The Morgan fingerprint density at radius 1 is 1.28 bits per heavy atom. The van der Waals surface area contributed by atoms with Gasteiger partial charge in [-0.3, -0.25) is 9.87 Å². The van der Waals surface area contributed by atoms with Crippen molar-refractivity contribution >= 4 is 18.9 Å². The molecule has 0 fully saturated rings. The molecular weight excluding hydrogens is 286 g/mol. The van der Waals surface area contributed by atoms with Crippen molar-refractivity contribution in [1.29, 1.82) is 0 Å². The predicted octanol–water partition coefficient (Wildman–Crippen LogP) is -2.90. The number of nitrogens with one attached hydrogen (secondary N) is 1. The lowest BCUT2D eigenvalue weighted by Crippen LogP contribution is -2.35. The second-order valence-electron chi connectivity index (χ2n) is 3.79. The van der Waals surface area contributed by atoms with Crippen LogP contribution in [-0.4, -0.2) is 73.0 Å². The molecule has 0 aromatic rings. The van der Waals surface area contributed by atoms with Gasteiger partial charge in [-0.15, -0.1) is 0 Å². The first kappa shape index (κ1) is 17.9. The van der Waals surface area contributed by atoms with Gasteiger partial charge in [0.1, 0.15) is 5.88 Å². The molecule has 0 saturated heterocycles. The second kappa shape index (κ2) is 8.14. The molecule has 0 aliphatic carbocycles. The third-order valence-corrected chi connectivity index (χ3v) is 3.37. The lowest BCUT2D eigenvalue weighted by atomic mass is 10.4. The van der Waals surface area contributed by atoms with E-state index >= 15 is 0 Å². The Hall–Kier alpha value is -0.113. The van der Waals surface area contributed by atoms with E-state index in [1.54, 1.807) is 0 Å². The molecule has 0 radical (unpaired) electrons. The molecule has 0 aliphatic rings. The fourth-order valence-electron chi connectivity index (χ4n) is 1.04. The summed E-state index contributed by atoms with van der Waals surface area (Å²) < 4.78 is 34.0. The smallest absolute Gasteiger partial charge is 0.390 e. The summed E-state index contributed by atoms with van der Waals surface area (Å²) in [5, 5.41) is 11.6. The molecule has 6 N–H and O–H groups in total. The fourth-order valence-corrected chi connectivity index (χ4v) is 2.04. The first-order valence-electron chi connectivity index (χ1n) is 5.19. The van der Waals surface area contributed by atoms with Crippen LogP contribution in [0.1, 0.15) is 6.42 Å². The lowest BCUT2D eigenvalue weighted by molar-refractivity contribution is 0.0369. The molecule has 0 aromatic carbocycles. The van der Waals surface area contributed by atoms with Gasteiger partial charge in [0, 0.05) is 19.2 Å². The molecule has 11 heteroatoms. The number of aliphatic hydroxyl groups excluding tert-OH is 1. The van der Waals surface area contributed by atoms with E-state index in [0.717, 1.165) is 0 Å². The van der Waals surface area contributed by atoms with Crippen molar-refractivity contribution in [1.82, 2.24) is 5.32 Å². The van der Waals surface area contributed by atoms with E-state index in [1.807, 2.05) is 0 Å². The molecule has 0 amide bonds. The summed E-state index contributed by atoms with van der Waals surface area (Å²) in [5.41, 5.74) is 0. The minimum absolute atomic E-state index is 0.0710. The third-order valence-electron chi connectivity index (χ3n) is 1.78. The number of ether oxygens (including phenoxy) is 1. The van der Waals surface area contributed by atoms with E-state index in [9.17, 15) is 13.5 Å². The average molecular weight is 305 g/mol. The van der Waals surface area contributed by atoms with E-state index in [2.05, 4.69) is 5.32 Å². The molecular formula is C7H19NO8SSi. The number of hydrogen-bond donors (Lipinski definition) is 6. The Balaban J connectivity index is 3.46. The van der Waals surface area contributed by atoms with Gasteiger partial charge < -0.3 is 24.2 Å². The summed E-state index contributed by atoms with van der Waals surface area (Å²) in [7, 11) is -8.13. The lowest BCUT2D eigenvalue weighted by Gasteiger charge is -2.12. The van der Waals surface area contributed by atoms with Gasteiger partial charge in [-0.1, -0.05) is 0 Å². The molecule has 0 heterocycles. The molecule has 0 saturated carbocycles. The van der Waals surface area contributed by atoms with Crippen molar-refractivity contribution in [2.24, 2.45) is 0 Å². The Kier molecular flexibility index (Phi) is 8.09. The average Bonchev–Trinajstić information content (AvgIpc) is 2.13. The van der Waals surface area contributed by atoms with E-state index in [1.165, 1.54) is 0 Å². The molecule has 1 unspecified atom stereocenters. The van der Waals surface area contributed by atoms with Crippen LogP contribution in [0.3, 0.4) is 0 Å². The van der Waals surface area contributed by atoms with Crippen LogP contribution in [0.5, 0.6) is 0 Å². The number of aliphatic hydroxyl groups is 1. The Morgan fingerprint density at radius 3 is 2.39 bits per heavy atom. The Morgan fingerprint density at radius 2 is 1.89 bits per heavy atom. The molecule has 0 aliphatic heterocycles. The van der Waals surface area contributed by atoms with Gasteiger partial charge in [-0.2, -0.15) is 8.42 Å². The molecule has 1 atom stereocenters. The zero-order valence-electron chi connectivity index (χ0n) is 9.69. The van der Waals surface area contributed by atoms with Crippen molar-refractivity contribution in [2.75, 3.05) is 25.6 Å². The number of rotatable bonds is 10. The van der Waals surface area contributed by atoms with E-state index in [0.29, 0.717) is 0 Å². The summed E-state index contributed by atoms with van der Waals surface area (Å²) in [5.74, 6) is -0.655. The summed E-state index contributed by atoms with van der Waals surface area (Å²) in [6, 6.07) is -0.149. The molecule has 18 heavy (non-hydrogen) atoms. The van der Waals surface area contributed by atoms with E-state index in [-0.39, 0.29) is 32.2 Å². The molecule has 0 rings (SSSR count). The van der Waals surface area contributed by atoms with E-state index in [4.69, 9.17) is 23.7 Å². The van der Waals surface area contributed by atoms with Crippen molar-refractivity contribution < 1.29 is 37.2 Å². The highest BCUT2D eigenvalue weighted by Crippen LogP contribution is 2.01. The standard InChI is InChI=1S/C7H19NO8SSi/c9-7(4-8-6-17(10,11)12)5-16-2-1-3-18(13,14)15/h7-9,13-15H,1-6H2,(H,10,11,12). The Labute approximate surface area is 106 Å². The topological polar surface area (TPSA) is 157 Å². The van der Waals surface area contributed by atoms with Gasteiger partial charge in [-0.25, -0.2) is 0 Å². The van der Waals surface area contributed by atoms with Crippen LogP contribution >= 0.6 is 0 Å². The first-order chi connectivity index (χ1) is 8.10. The summed E-state index contributed by atoms with van der Waals surface area (Å²) >= 11 is 0. The van der Waals surface area contributed by atoms with Crippen LogP contribution in [0.4, 0.5) is 0 Å². The molecule has 110 valence electrons. The monoisotopic (exact) mass is 305 g/mol. The van der Waals surface area contributed by atoms with Crippen LogP contribution in [0.2, 0.25) is 6.04 Å². The minimum Gasteiger partial charge on any atom is -0.390 e. The third kappa shape index (κ3) is 13.9. The van der Waals surface area contributed by atoms with Gasteiger partial charge in [-0.05, 0) is 6.42 Å². The molecule has 0 aromatic heterocycles. The first-order valence-corrected chi connectivity index (χ1v) is 8.85. The highest BCUT2D eigenvalue weighted by molar-refractivity contribution is 7.85. The highest BCUT2D eigenvalue weighted by atomic mass is 32.2. The largest absolute Gasteiger partial charge is 0.492 e. The van der Waals surface area contributed by atoms with Gasteiger partial charge in [0.25, 0.3) is 10.1 Å². The van der Waals surface area contributed by atoms with Crippen LogP contribution < -0.4 is 5.32 Å². The summed E-state index contributed by atoms with van der Waals surface area (Å²) in [6.45, 7) is -0.0143.